The molecule has 0 saturated heterocycles. The van der Waals surface area contributed by atoms with E-state index in [0.29, 0.717) is 0 Å². The molecular formula is C11H13N3O5. The number of carbonyl (C=O) groups excluding carboxylic acids is 2. The average Bonchev–Trinajstić information content (AvgIpc) is 2.38. The summed E-state index contributed by atoms with van der Waals surface area (Å²) in [5.41, 5.74) is -0.248. The lowest BCUT2D eigenvalue weighted by Crippen LogP contribution is -2.44. The Morgan fingerprint density at radius 3 is 2.58 bits per heavy atom. The quantitative estimate of drug-likeness (QED) is 0.619. The van der Waals surface area contributed by atoms with Crippen LogP contribution in [0.3, 0.4) is 0 Å². The molecule has 0 radical (unpaired) electrons. The van der Waals surface area contributed by atoms with Gasteiger partial charge in [0.05, 0.1) is 4.92 Å². The van der Waals surface area contributed by atoms with Crippen LogP contribution in [0.2, 0.25) is 0 Å². The maximum absolute atomic E-state index is 11.5. The lowest BCUT2D eigenvalue weighted by atomic mass is 10.3. The van der Waals surface area contributed by atoms with Crippen molar-refractivity contribution in [3.63, 3.8) is 0 Å². The van der Waals surface area contributed by atoms with Gasteiger partial charge in [-0.15, -0.1) is 0 Å². The van der Waals surface area contributed by atoms with Gasteiger partial charge in [-0.1, -0.05) is 12.1 Å². The van der Waals surface area contributed by atoms with Crippen LogP contribution in [0.5, 0.6) is 5.75 Å². The van der Waals surface area contributed by atoms with Gasteiger partial charge in [0.1, 0.15) is 0 Å². The predicted molar refractivity (Wildman–Crippen MR) is 65.8 cm³/mol. The van der Waals surface area contributed by atoms with Gasteiger partial charge in [0.15, 0.2) is 11.9 Å². The zero-order valence-corrected chi connectivity index (χ0v) is 10.4. The van der Waals surface area contributed by atoms with Crippen LogP contribution in [0.1, 0.15) is 6.92 Å². The minimum atomic E-state index is -1.04. The second-order valence-electron chi connectivity index (χ2n) is 3.55. The van der Waals surface area contributed by atoms with Gasteiger partial charge >= 0.3 is 11.7 Å². The molecule has 0 heterocycles. The highest BCUT2D eigenvalue weighted by Crippen LogP contribution is 2.26. The van der Waals surface area contributed by atoms with Crippen molar-refractivity contribution in [2.45, 2.75) is 13.0 Å². The number of ether oxygens (including phenoxy) is 1. The minimum Gasteiger partial charge on any atom is -0.474 e. The predicted octanol–water partition coefficient (Wildman–Crippen LogP) is 0.818. The normalized spacial score (nSPS) is 11.3. The first-order valence-corrected chi connectivity index (χ1v) is 5.38. The molecule has 0 bridgehead atoms. The maximum atomic E-state index is 11.5. The van der Waals surface area contributed by atoms with E-state index in [9.17, 15) is 19.7 Å². The lowest BCUT2D eigenvalue weighted by Gasteiger charge is -2.13. The fourth-order valence-corrected chi connectivity index (χ4v) is 1.23. The summed E-state index contributed by atoms with van der Waals surface area (Å²) in [4.78, 5) is 32.6. The summed E-state index contributed by atoms with van der Waals surface area (Å²) >= 11 is 0. The Hall–Kier alpha value is -2.64. The summed E-state index contributed by atoms with van der Waals surface area (Å²) in [5, 5.41) is 15.0. The van der Waals surface area contributed by atoms with Crippen LogP contribution in [0, 0.1) is 10.1 Å². The van der Waals surface area contributed by atoms with Crippen LogP contribution in [0.4, 0.5) is 10.5 Å². The largest absolute Gasteiger partial charge is 0.474 e. The van der Waals surface area contributed by atoms with Crippen molar-refractivity contribution in [1.82, 2.24) is 10.6 Å². The van der Waals surface area contributed by atoms with Gasteiger partial charge in [0.2, 0.25) is 0 Å². The van der Waals surface area contributed by atoms with Crippen LogP contribution in [0.15, 0.2) is 24.3 Å². The number of nitro benzene ring substituents is 1. The van der Waals surface area contributed by atoms with E-state index >= 15 is 0 Å². The first kappa shape index (κ1) is 14.4. The summed E-state index contributed by atoms with van der Waals surface area (Å²) < 4.78 is 5.18. The van der Waals surface area contributed by atoms with Crippen LogP contribution in [-0.4, -0.2) is 30.0 Å². The number of nitrogens with one attached hydrogen (secondary N) is 2. The molecule has 0 aromatic heterocycles. The molecule has 8 heteroatoms. The van der Waals surface area contributed by atoms with Crippen LogP contribution in [0.25, 0.3) is 0 Å². The summed E-state index contributed by atoms with van der Waals surface area (Å²) in [5.74, 6) is -0.732. The molecule has 19 heavy (non-hydrogen) atoms. The molecular weight excluding hydrogens is 254 g/mol. The average molecular weight is 267 g/mol. The molecule has 1 rings (SSSR count). The van der Waals surface area contributed by atoms with Crippen molar-refractivity contribution in [3.05, 3.63) is 34.4 Å². The number of urea groups is 1. The Morgan fingerprint density at radius 2 is 2.00 bits per heavy atom. The standard InChI is InChI=1S/C11H13N3O5/c1-7(10(15)13-11(16)12-2)19-9-6-4-3-5-8(9)14(17)18/h3-7H,1-2H3,(H2,12,13,15,16). The van der Waals surface area contributed by atoms with E-state index in [2.05, 4.69) is 5.32 Å². The number of hydrogen-bond acceptors (Lipinski definition) is 5. The van der Waals surface area contributed by atoms with E-state index in [1.807, 2.05) is 5.32 Å². The third kappa shape index (κ3) is 3.95. The Morgan fingerprint density at radius 1 is 1.37 bits per heavy atom. The van der Waals surface area contributed by atoms with E-state index in [1.165, 1.54) is 32.2 Å². The lowest BCUT2D eigenvalue weighted by molar-refractivity contribution is -0.386. The van der Waals surface area contributed by atoms with Crippen LogP contribution >= 0.6 is 0 Å². The molecule has 0 aliphatic carbocycles. The zero-order chi connectivity index (χ0) is 14.4. The van der Waals surface area contributed by atoms with Crippen molar-refractivity contribution in [2.24, 2.45) is 0 Å². The third-order valence-corrected chi connectivity index (χ3v) is 2.20. The Bertz CT molecular complexity index is 503. The van der Waals surface area contributed by atoms with Crippen molar-refractivity contribution in [1.29, 1.82) is 0 Å². The maximum Gasteiger partial charge on any atom is 0.321 e. The number of hydrogen-bond donors (Lipinski definition) is 2. The van der Waals surface area contributed by atoms with E-state index in [-0.39, 0.29) is 11.4 Å². The van der Waals surface area contributed by atoms with Crippen molar-refractivity contribution in [2.75, 3.05) is 7.05 Å². The smallest absolute Gasteiger partial charge is 0.321 e. The minimum absolute atomic E-state index is 0.0351. The Labute approximate surface area is 108 Å². The summed E-state index contributed by atoms with van der Waals surface area (Å²) in [6, 6.07) is 5.00. The molecule has 0 aliphatic heterocycles. The second kappa shape index (κ2) is 6.34. The van der Waals surface area contributed by atoms with Crippen molar-refractivity contribution < 1.29 is 19.2 Å². The molecule has 3 amide bonds. The monoisotopic (exact) mass is 267 g/mol. The summed E-state index contributed by atoms with van der Waals surface area (Å²) in [7, 11) is 1.36. The first-order valence-electron chi connectivity index (χ1n) is 5.38. The van der Waals surface area contributed by atoms with Crippen LogP contribution < -0.4 is 15.4 Å². The fourth-order valence-electron chi connectivity index (χ4n) is 1.23. The van der Waals surface area contributed by atoms with E-state index in [4.69, 9.17) is 4.74 Å². The molecule has 0 spiro atoms. The van der Waals surface area contributed by atoms with E-state index in [0.717, 1.165) is 0 Å². The Balaban J connectivity index is 2.77. The number of benzene rings is 1. The van der Waals surface area contributed by atoms with E-state index in [1.54, 1.807) is 6.07 Å². The molecule has 0 aliphatic rings. The van der Waals surface area contributed by atoms with Gasteiger partial charge in [-0.3, -0.25) is 20.2 Å². The molecule has 1 aromatic rings. The molecule has 102 valence electrons. The molecule has 1 aromatic carbocycles. The summed E-state index contributed by atoms with van der Waals surface area (Å²) in [6.45, 7) is 1.38. The number of carbonyl (C=O) groups is 2. The third-order valence-electron chi connectivity index (χ3n) is 2.20. The highest BCUT2D eigenvalue weighted by Gasteiger charge is 2.21. The fraction of sp³-hybridized carbons (Fsp3) is 0.273. The summed E-state index contributed by atoms with van der Waals surface area (Å²) in [6.07, 6.45) is -1.04. The Kier molecular flexibility index (Phi) is 4.81. The van der Waals surface area contributed by atoms with Gasteiger partial charge in [-0.05, 0) is 13.0 Å². The molecule has 0 saturated carbocycles. The van der Waals surface area contributed by atoms with Crippen molar-refractivity contribution >= 4 is 17.6 Å². The molecule has 0 fully saturated rings. The number of imide groups is 1. The molecule has 1 atom stereocenters. The van der Waals surface area contributed by atoms with Gasteiger partial charge in [-0.2, -0.15) is 0 Å². The van der Waals surface area contributed by atoms with Crippen molar-refractivity contribution in [3.8, 4) is 5.75 Å². The number of nitro groups is 1. The van der Waals surface area contributed by atoms with Gasteiger partial charge in [0.25, 0.3) is 5.91 Å². The number of nitrogens with zero attached hydrogens (tertiary/aromatic N) is 1. The highest BCUT2D eigenvalue weighted by atomic mass is 16.6. The SMILES string of the molecule is CNC(=O)NC(=O)C(C)Oc1ccccc1[N+](=O)[O-]. The molecule has 2 N–H and O–H groups in total. The van der Waals surface area contributed by atoms with Gasteiger partial charge < -0.3 is 10.1 Å². The molecule has 1 unspecified atom stereocenters. The highest BCUT2D eigenvalue weighted by molar-refractivity contribution is 5.96. The first-order chi connectivity index (χ1) is 8.95. The number of rotatable bonds is 4. The topological polar surface area (TPSA) is 111 Å². The van der Waals surface area contributed by atoms with E-state index < -0.39 is 23.0 Å². The van der Waals surface area contributed by atoms with Gasteiger partial charge in [-0.25, -0.2) is 4.79 Å². The van der Waals surface area contributed by atoms with Crippen LogP contribution in [-0.2, 0) is 4.79 Å². The number of amides is 3. The molecule has 8 nitrogen and oxygen atoms in total. The second-order valence-corrected chi connectivity index (χ2v) is 3.55. The van der Waals surface area contributed by atoms with Gasteiger partial charge in [0, 0.05) is 13.1 Å². The number of para-hydroxylation sites is 2. The zero-order valence-electron chi connectivity index (χ0n) is 10.4.